The molecule has 0 bridgehead atoms. The summed E-state index contributed by atoms with van der Waals surface area (Å²) >= 11 is 0. The first-order valence-electron chi connectivity index (χ1n) is 17.6. The molecule has 6 aliphatic rings. The second-order valence-corrected chi connectivity index (χ2v) is 18.0. The highest BCUT2D eigenvalue weighted by atomic mass is 16.7. The minimum absolute atomic E-state index is 0.00220. The average Bonchev–Trinajstić information content (AvgIpc) is 2.98. The molecule has 0 radical (unpaired) electrons. The van der Waals surface area contributed by atoms with Gasteiger partial charge in [0.25, 0.3) is 0 Å². The minimum atomic E-state index is -1.81. The van der Waals surface area contributed by atoms with Crippen molar-refractivity contribution < 1.29 is 55.1 Å². The topological polar surface area (TPSA) is 197 Å². The molecule has 5 aliphatic carbocycles. The Morgan fingerprint density at radius 1 is 0.851 bits per heavy atom. The van der Waals surface area contributed by atoms with Crippen molar-refractivity contribution in [1.29, 1.82) is 0 Å². The number of hydrogen-bond donors (Lipinski definition) is 8. The van der Waals surface area contributed by atoms with E-state index in [2.05, 4.69) is 40.7 Å². The molecule has 11 heteroatoms. The van der Waals surface area contributed by atoms with Crippen molar-refractivity contribution in [1.82, 2.24) is 0 Å². The summed E-state index contributed by atoms with van der Waals surface area (Å²) in [4.78, 5) is 11.7. The molecule has 5 fully saturated rings. The highest BCUT2D eigenvalue weighted by molar-refractivity contribution is 5.73. The first kappa shape index (κ1) is 35.7. The number of aliphatic carboxylic acids is 1. The van der Waals surface area contributed by atoms with Gasteiger partial charge in [-0.05, 0) is 90.8 Å². The predicted octanol–water partition coefficient (Wildman–Crippen LogP) is 1.97. The van der Waals surface area contributed by atoms with Gasteiger partial charge in [-0.25, -0.2) is 4.79 Å². The monoisotopic (exact) mass is 666 g/mol. The number of rotatable bonds is 5. The number of aliphatic hydroxyl groups excluding tert-OH is 7. The zero-order valence-corrected chi connectivity index (χ0v) is 28.8. The number of hydrogen-bond acceptors (Lipinski definition) is 10. The van der Waals surface area contributed by atoms with Crippen LogP contribution in [0.1, 0.15) is 92.9 Å². The molecule has 1 heterocycles. The minimum Gasteiger partial charge on any atom is -0.479 e. The third-order valence-corrected chi connectivity index (χ3v) is 15.4. The number of carboxylic acids is 1. The Morgan fingerprint density at radius 2 is 1.51 bits per heavy atom. The molecule has 1 saturated heterocycles. The highest BCUT2D eigenvalue weighted by Gasteiger charge is 2.71. The lowest BCUT2D eigenvalue weighted by molar-refractivity contribution is -0.327. The summed E-state index contributed by atoms with van der Waals surface area (Å²) in [6, 6.07) is 0. The summed E-state index contributed by atoms with van der Waals surface area (Å²) in [5.41, 5.74) is -1.45. The number of aliphatic hydroxyl groups is 7. The largest absolute Gasteiger partial charge is 0.479 e. The van der Waals surface area contributed by atoms with Crippen molar-refractivity contribution in [2.45, 2.75) is 142 Å². The van der Waals surface area contributed by atoms with Crippen LogP contribution in [0.2, 0.25) is 0 Å². The molecule has 16 atom stereocenters. The second-order valence-electron chi connectivity index (χ2n) is 18.0. The standard InChI is InChI=1S/C36H58O11/c1-31(2)13-19-18-7-8-21-32(3)11-10-24(46-30-27(43)25(41)26(42)28(47-30)29(44)45)33(4,16-37)20(32)9-12-34(21,5)35(18,6)15-23(40)36(19,17-38)22(39)14-31/h7,19-28,30,37-43H,8-17H2,1-6H3,(H,44,45)/t19-,20-,21-,22+,23?,24?,25+,26+,27-,28+,30-,32+,33+,34-,35-,36?/m1/s1. The molecule has 0 aromatic heterocycles. The van der Waals surface area contributed by atoms with E-state index in [9.17, 15) is 45.6 Å². The van der Waals surface area contributed by atoms with Gasteiger partial charge in [0, 0.05) is 5.41 Å². The number of carboxylic acid groups (broad SMARTS) is 1. The SMILES string of the molecule is CC1(C)C[C@@H]2C3=CC[C@@H]4[C@@]5(C)CCC(O[C@@H]6O[C@H](C(=O)O)[C@@H](O)[C@H](O)[C@H]6O)[C@@](C)(CO)[C@@H]5CC[C@@]4(C)[C@]3(C)CC(O)C2(CO)[C@@H](O)C1. The van der Waals surface area contributed by atoms with E-state index in [1.54, 1.807) is 0 Å². The predicted molar refractivity (Wildman–Crippen MR) is 170 cm³/mol. The van der Waals surface area contributed by atoms with Crippen molar-refractivity contribution in [3.8, 4) is 0 Å². The molecule has 268 valence electrons. The van der Waals surface area contributed by atoms with Crippen LogP contribution in [-0.4, -0.2) is 109 Å². The Bertz CT molecular complexity index is 1270. The molecule has 0 amide bonds. The zero-order valence-electron chi connectivity index (χ0n) is 28.8. The third kappa shape index (κ3) is 4.74. The Hall–Kier alpha value is -1.15. The summed E-state index contributed by atoms with van der Waals surface area (Å²) in [7, 11) is 0. The normalized spacial score (nSPS) is 55.5. The lowest BCUT2D eigenvalue weighted by atomic mass is 9.33. The van der Waals surface area contributed by atoms with Gasteiger partial charge in [-0.3, -0.25) is 0 Å². The average molecular weight is 667 g/mol. The summed E-state index contributed by atoms with van der Waals surface area (Å²) in [6.07, 6.45) is -2.97. The summed E-state index contributed by atoms with van der Waals surface area (Å²) in [5.74, 6) is -1.41. The fraction of sp³-hybridized carbons (Fsp3) is 0.917. The third-order valence-electron chi connectivity index (χ3n) is 15.4. The number of fused-ring (bicyclic) bond motifs is 7. The maximum absolute atomic E-state index is 11.9. The molecular formula is C36H58O11. The molecule has 0 spiro atoms. The number of ether oxygens (including phenoxy) is 2. The molecule has 4 saturated carbocycles. The van der Waals surface area contributed by atoms with Crippen LogP contribution < -0.4 is 0 Å². The number of allylic oxidation sites excluding steroid dienone is 2. The maximum Gasteiger partial charge on any atom is 0.335 e. The molecule has 0 aromatic carbocycles. The van der Waals surface area contributed by atoms with Crippen LogP contribution in [-0.2, 0) is 14.3 Å². The van der Waals surface area contributed by atoms with E-state index in [0.29, 0.717) is 19.3 Å². The Labute approximate surface area is 278 Å². The highest BCUT2D eigenvalue weighted by Crippen LogP contribution is 2.75. The van der Waals surface area contributed by atoms with Gasteiger partial charge >= 0.3 is 5.97 Å². The van der Waals surface area contributed by atoms with Gasteiger partial charge in [-0.15, -0.1) is 0 Å². The first-order chi connectivity index (χ1) is 21.8. The first-order valence-corrected chi connectivity index (χ1v) is 17.6. The molecule has 6 rings (SSSR count). The van der Waals surface area contributed by atoms with E-state index in [1.807, 2.05) is 6.92 Å². The van der Waals surface area contributed by atoms with E-state index in [-0.39, 0.29) is 52.6 Å². The van der Waals surface area contributed by atoms with Crippen LogP contribution in [0.5, 0.6) is 0 Å². The lowest BCUT2D eigenvalue weighted by Crippen LogP contribution is -2.69. The smallest absolute Gasteiger partial charge is 0.335 e. The van der Waals surface area contributed by atoms with Gasteiger partial charge in [-0.1, -0.05) is 53.2 Å². The van der Waals surface area contributed by atoms with Gasteiger partial charge in [-0.2, -0.15) is 0 Å². The van der Waals surface area contributed by atoms with Crippen molar-refractivity contribution in [3.05, 3.63) is 11.6 Å². The molecule has 3 unspecified atom stereocenters. The van der Waals surface area contributed by atoms with Crippen LogP contribution in [0, 0.1) is 50.2 Å². The van der Waals surface area contributed by atoms with Crippen LogP contribution in [0.4, 0.5) is 0 Å². The second kappa shape index (κ2) is 11.4. The van der Waals surface area contributed by atoms with Crippen LogP contribution in [0.15, 0.2) is 11.6 Å². The molecule has 11 nitrogen and oxygen atoms in total. The molecule has 0 aromatic rings. The fourth-order valence-corrected chi connectivity index (χ4v) is 12.5. The van der Waals surface area contributed by atoms with Gasteiger partial charge in [0.1, 0.15) is 18.3 Å². The Kier molecular flexibility index (Phi) is 8.68. The Morgan fingerprint density at radius 3 is 2.13 bits per heavy atom. The van der Waals surface area contributed by atoms with E-state index >= 15 is 0 Å². The molecule has 1 aliphatic heterocycles. The molecule has 8 N–H and O–H groups in total. The Balaban J connectivity index is 1.33. The molecular weight excluding hydrogens is 608 g/mol. The zero-order chi connectivity index (χ0) is 34.7. The summed E-state index contributed by atoms with van der Waals surface area (Å²) < 4.78 is 11.8. The summed E-state index contributed by atoms with van der Waals surface area (Å²) in [6.45, 7) is 12.8. The van der Waals surface area contributed by atoms with Gasteiger partial charge in [0.05, 0.1) is 36.9 Å². The maximum atomic E-state index is 11.9. The summed E-state index contributed by atoms with van der Waals surface area (Å²) in [5, 5.41) is 86.1. The van der Waals surface area contributed by atoms with E-state index < -0.39 is 65.8 Å². The quantitative estimate of drug-likeness (QED) is 0.158. The van der Waals surface area contributed by atoms with Crippen LogP contribution in [0.25, 0.3) is 0 Å². The van der Waals surface area contributed by atoms with Crippen molar-refractivity contribution >= 4 is 5.97 Å². The lowest BCUT2D eigenvalue weighted by Gasteiger charge is -2.72. The van der Waals surface area contributed by atoms with Gasteiger partial charge in [0.15, 0.2) is 12.4 Å². The van der Waals surface area contributed by atoms with Gasteiger partial charge < -0.3 is 50.3 Å². The van der Waals surface area contributed by atoms with E-state index in [4.69, 9.17) is 9.47 Å². The van der Waals surface area contributed by atoms with E-state index in [1.165, 1.54) is 5.57 Å². The fourth-order valence-electron chi connectivity index (χ4n) is 12.5. The van der Waals surface area contributed by atoms with Gasteiger partial charge in [0.2, 0.25) is 0 Å². The van der Waals surface area contributed by atoms with Crippen molar-refractivity contribution in [3.63, 3.8) is 0 Å². The van der Waals surface area contributed by atoms with Crippen LogP contribution in [0.3, 0.4) is 0 Å². The van der Waals surface area contributed by atoms with Crippen LogP contribution >= 0.6 is 0 Å². The van der Waals surface area contributed by atoms with Crippen molar-refractivity contribution in [2.75, 3.05) is 13.2 Å². The van der Waals surface area contributed by atoms with E-state index in [0.717, 1.165) is 32.1 Å². The van der Waals surface area contributed by atoms with Crippen molar-refractivity contribution in [2.24, 2.45) is 50.2 Å². The number of carbonyl (C=O) groups is 1. The molecule has 47 heavy (non-hydrogen) atoms.